The van der Waals surface area contributed by atoms with Gasteiger partial charge in [-0.05, 0) is 37.0 Å². The van der Waals surface area contributed by atoms with Crippen molar-refractivity contribution in [2.24, 2.45) is 0 Å². The number of nitrogens with zero attached hydrogens (tertiary/aromatic N) is 3. The third kappa shape index (κ3) is 7.16. The molecule has 0 radical (unpaired) electrons. The molecule has 2 amide bonds. The van der Waals surface area contributed by atoms with Crippen molar-refractivity contribution < 1.29 is 28.8 Å². The number of fused-ring (bicyclic) bond motifs is 2. The monoisotopic (exact) mass is 532 g/mol. The minimum Gasteiger partial charge on any atom is -0.466 e. The SMILES string of the molecule is CN(CCCc1c2ccccc2nc2ccccc12)C(=N)CCCOC(=O)CCC(=O)ON1C(=O)CCC1=O. The van der Waals surface area contributed by atoms with Gasteiger partial charge < -0.3 is 14.5 Å². The molecule has 2 aromatic carbocycles. The molecule has 1 aliphatic rings. The number of hydroxylamine groups is 2. The molecule has 0 unspecified atom stereocenters. The van der Waals surface area contributed by atoms with Crippen LogP contribution in [0.2, 0.25) is 0 Å². The lowest BCUT2D eigenvalue weighted by atomic mass is 9.98. The Morgan fingerprint density at radius 1 is 0.897 bits per heavy atom. The van der Waals surface area contributed by atoms with E-state index in [9.17, 15) is 19.2 Å². The molecular formula is C29H32N4O6. The number of hydrogen-bond acceptors (Lipinski definition) is 8. The van der Waals surface area contributed by atoms with Gasteiger partial charge in [0.05, 0.1) is 36.3 Å². The molecule has 3 aromatic rings. The molecule has 204 valence electrons. The molecule has 1 aliphatic heterocycles. The Morgan fingerprint density at radius 3 is 2.13 bits per heavy atom. The van der Waals surface area contributed by atoms with Gasteiger partial charge >= 0.3 is 11.9 Å². The van der Waals surface area contributed by atoms with E-state index in [2.05, 4.69) is 12.1 Å². The van der Waals surface area contributed by atoms with Crippen molar-refractivity contribution in [2.75, 3.05) is 20.2 Å². The molecule has 0 spiro atoms. The molecule has 0 saturated carbocycles. The number of nitrogens with one attached hydrogen (secondary N) is 1. The molecule has 10 nitrogen and oxygen atoms in total. The summed E-state index contributed by atoms with van der Waals surface area (Å²) in [6.45, 7) is 0.843. The maximum Gasteiger partial charge on any atom is 0.333 e. The fraction of sp³-hybridized carbons (Fsp3) is 0.379. The van der Waals surface area contributed by atoms with Crippen LogP contribution in [0.4, 0.5) is 0 Å². The average molecular weight is 533 g/mol. The highest BCUT2D eigenvalue weighted by molar-refractivity contribution is 6.01. The van der Waals surface area contributed by atoms with Gasteiger partial charge in [0, 0.05) is 43.6 Å². The quantitative estimate of drug-likeness (QED) is 0.0927. The lowest BCUT2D eigenvalue weighted by Crippen LogP contribution is -2.32. The number of pyridine rings is 1. The van der Waals surface area contributed by atoms with E-state index in [1.807, 2.05) is 48.3 Å². The first-order valence-corrected chi connectivity index (χ1v) is 13.1. The van der Waals surface area contributed by atoms with Gasteiger partial charge in [-0.3, -0.25) is 19.8 Å². The fourth-order valence-corrected chi connectivity index (χ4v) is 4.52. The number of carbonyl (C=O) groups is 4. The van der Waals surface area contributed by atoms with Crippen LogP contribution in [-0.2, 0) is 35.2 Å². The number of benzene rings is 2. The summed E-state index contributed by atoms with van der Waals surface area (Å²) in [5.74, 6) is -2.10. The second kappa shape index (κ2) is 12.9. The summed E-state index contributed by atoms with van der Waals surface area (Å²) in [6.07, 6.45) is 2.18. The smallest absolute Gasteiger partial charge is 0.333 e. The minimum atomic E-state index is -0.841. The second-order valence-electron chi connectivity index (χ2n) is 9.47. The Labute approximate surface area is 226 Å². The Morgan fingerprint density at radius 2 is 1.49 bits per heavy atom. The number of rotatable bonds is 12. The Hall–Kier alpha value is -4.34. The molecule has 4 rings (SSSR count). The summed E-state index contributed by atoms with van der Waals surface area (Å²) in [5, 5.41) is 11.1. The first kappa shape index (κ1) is 27.7. The third-order valence-electron chi connectivity index (χ3n) is 6.63. The highest BCUT2D eigenvalue weighted by Gasteiger charge is 2.32. The van der Waals surface area contributed by atoms with Crippen LogP contribution >= 0.6 is 0 Å². The van der Waals surface area contributed by atoms with Crippen LogP contribution in [-0.4, -0.2) is 64.7 Å². The predicted octanol–water partition coefficient (Wildman–Crippen LogP) is 3.94. The first-order chi connectivity index (χ1) is 18.8. The van der Waals surface area contributed by atoms with E-state index in [4.69, 9.17) is 20.0 Å². The zero-order chi connectivity index (χ0) is 27.8. The number of carbonyl (C=O) groups excluding carboxylic acids is 4. The highest BCUT2D eigenvalue weighted by atomic mass is 16.7. The number of hydrogen-bond donors (Lipinski definition) is 1. The van der Waals surface area contributed by atoms with E-state index in [0.717, 1.165) is 34.6 Å². The van der Waals surface area contributed by atoms with Crippen LogP contribution in [0.3, 0.4) is 0 Å². The third-order valence-corrected chi connectivity index (χ3v) is 6.63. The van der Waals surface area contributed by atoms with Crippen molar-refractivity contribution in [3.05, 3.63) is 54.1 Å². The Kier molecular flexibility index (Phi) is 9.19. The van der Waals surface area contributed by atoms with Crippen molar-refractivity contribution in [2.45, 2.75) is 51.4 Å². The molecule has 0 atom stereocenters. The molecular weight excluding hydrogens is 500 g/mol. The summed E-state index contributed by atoms with van der Waals surface area (Å²) in [6, 6.07) is 16.3. The van der Waals surface area contributed by atoms with Crippen LogP contribution in [0.25, 0.3) is 21.8 Å². The van der Waals surface area contributed by atoms with Gasteiger partial charge in [-0.15, -0.1) is 5.06 Å². The summed E-state index contributed by atoms with van der Waals surface area (Å²) >= 11 is 0. The molecule has 1 saturated heterocycles. The van der Waals surface area contributed by atoms with Crippen molar-refractivity contribution in [1.29, 1.82) is 5.41 Å². The zero-order valence-electron chi connectivity index (χ0n) is 22.0. The van der Waals surface area contributed by atoms with Crippen LogP contribution in [0, 0.1) is 5.41 Å². The number of para-hydroxylation sites is 2. The average Bonchev–Trinajstić information content (AvgIpc) is 3.25. The largest absolute Gasteiger partial charge is 0.466 e. The van der Waals surface area contributed by atoms with E-state index in [1.54, 1.807) is 0 Å². The Bertz CT molecular complexity index is 1340. The number of aromatic nitrogens is 1. The normalized spacial score (nSPS) is 13.2. The molecule has 10 heteroatoms. The van der Waals surface area contributed by atoms with E-state index in [-0.39, 0.29) is 32.3 Å². The van der Waals surface area contributed by atoms with Gasteiger partial charge in [-0.1, -0.05) is 36.4 Å². The van der Waals surface area contributed by atoms with E-state index in [0.29, 0.717) is 30.3 Å². The van der Waals surface area contributed by atoms with Gasteiger partial charge in [0.2, 0.25) is 0 Å². The molecule has 39 heavy (non-hydrogen) atoms. The van der Waals surface area contributed by atoms with Gasteiger partial charge in [0.1, 0.15) is 0 Å². The van der Waals surface area contributed by atoms with E-state index in [1.165, 1.54) is 5.56 Å². The summed E-state index contributed by atoms with van der Waals surface area (Å²) in [5.41, 5.74) is 3.23. The number of imide groups is 1. The summed E-state index contributed by atoms with van der Waals surface area (Å²) in [4.78, 5) is 58.0. The van der Waals surface area contributed by atoms with Gasteiger partial charge in [0.15, 0.2) is 0 Å². The molecule has 1 aromatic heterocycles. The molecule has 0 bridgehead atoms. The molecule has 0 aliphatic carbocycles. The minimum absolute atomic E-state index is 0.0114. The first-order valence-electron chi connectivity index (χ1n) is 13.1. The van der Waals surface area contributed by atoms with Gasteiger partial charge in [-0.25, -0.2) is 9.78 Å². The maximum atomic E-state index is 11.9. The molecule has 1 N–H and O–H groups in total. The van der Waals surface area contributed by atoms with E-state index < -0.39 is 23.8 Å². The topological polar surface area (TPSA) is 130 Å². The van der Waals surface area contributed by atoms with Gasteiger partial charge in [-0.2, -0.15) is 0 Å². The molecule has 2 heterocycles. The van der Waals surface area contributed by atoms with Crippen molar-refractivity contribution in [3.63, 3.8) is 0 Å². The maximum absolute atomic E-state index is 11.9. The number of amides is 2. The van der Waals surface area contributed by atoms with Crippen LogP contribution in [0.1, 0.15) is 50.5 Å². The van der Waals surface area contributed by atoms with E-state index >= 15 is 0 Å². The number of aryl methyl sites for hydroxylation is 1. The number of ether oxygens (including phenoxy) is 1. The second-order valence-corrected chi connectivity index (χ2v) is 9.47. The fourth-order valence-electron chi connectivity index (χ4n) is 4.52. The lowest BCUT2D eigenvalue weighted by molar-refractivity contribution is -0.197. The van der Waals surface area contributed by atoms with Crippen LogP contribution in [0.5, 0.6) is 0 Å². The zero-order valence-corrected chi connectivity index (χ0v) is 22.0. The Balaban J connectivity index is 1.15. The standard InChI is InChI=1S/C29H32N4O6/c1-32(18-6-10-20-21-8-2-4-11-23(21)31-24-12-5-3-9-22(20)24)25(30)13-7-19-38-28(36)16-17-29(37)39-33-26(34)14-15-27(33)35/h2-5,8-9,11-12,30H,6-7,10,13-19H2,1H3. The van der Waals surface area contributed by atoms with Crippen molar-refractivity contribution in [1.82, 2.24) is 14.9 Å². The predicted molar refractivity (Wildman–Crippen MR) is 145 cm³/mol. The number of esters is 1. The number of amidine groups is 1. The lowest BCUT2D eigenvalue weighted by Gasteiger charge is -2.20. The van der Waals surface area contributed by atoms with Crippen molar-refractivity contribution in [3.8, 4) is 0 Å². The van der Waals surface area contributed by atoms with Crippen LogP contribution < -0.4 is 0 Å². The summed E-state index contributed by atoms with van der Waals surface area (Å²) in [7, 11) is 1.89. The molecule has 1 fully saturated rings. The van der Waals surface area contributed by atoms with Gasteiger partial charge in [0.25, 0.3) is 11.8 Å². The van der Waals surface area contributed by atoms with Crippen LogP contribution in [0.15, 0.2) is 48.5 Å². The highest BCUT2D eigenvalue weighted by Crippen LogP contribution is 2.27. The van der Waals surface area contributed by atoms with Crippen molar-refractivity contribution >= 4 is 51.4 Å². The summed E-state index contributed by atoms with van der Waals surface area (Å²) < 4.78 is 5.14.